The van der Waals surface area contributed by atoms with E-state index in [-0.39, 0.29) is 26.8 Å². The quantitative estimate of drug-likeness (QED) is 0.187. The normalized spacial score (nSPS) is 11.4. The number of fused-ring (bicyclic) bond motifs is 5. The Hall–Kier alpha value is -4.73. The molecule has 5 aromatic carbocycles. The molecule has 0 aliphatic rings. The van der Waals surface area contributed by atoms with Gasteiger partial charge in [-0.1, -0.05) is 71.8 Å². The molecule has 1 N–H and O–H groups in total. The summed E-state index contributed by atoms with van der Waals surface area (Å²) in [5.74, 6) is 0.807. The van der Waals surface area contributed by atoms with Crippen molar-refractivity contribution < 1.29 is 30.6 Å². The van der Waals surface area contributed by atoms with Crippen molar-refractivity contribution in [1.82, 2.24) is 14.5 Å². The number of phenolic OH excluding ortho intramolecular Hbond substituents is 1. The Balaban J connectivity index is 0.00000276. The summed E-state index contributed by atoms with van der Waals surface area (Å²) in [5, 5.41) is 14.1. The van der Waals surface area contributed by atoms with Crippen molar-refractivity contribution in [3.8, 4) is 39.5 Å². The summed E-state index contributed by atoms with van der Waals surface area (Å²) < 4.78 is 7.99. The number of imidazole rings is 1. The molecule has 8 rings (SSSR count). The van der Waals surface area contributed by atoms with Gasteiger partial charge in [0.2, 0.25) is 0 Å². The Morgan fingerprint density at radius 3 is 2.44 bits per heavy atom. The van der Waals surface area contributed by atoms with Gasteiger partial charge in [0.05, 0.1) is 22.1 Å². The first kappa shape index (κ1) is 25.3. The number of hydrogen-bond donors (Lipinski definition) is 1. The molecule has 3 heterocycles. The molecule has 0 aliphatic heterocycles. The van der Waals surface area contributed by atoms with Gasteiger partial charge >= 0.3 is 0 Å². The van der Waals surface area contributed by atoms with Crippen LogP contribution in [-0.2, 0) is 28.1 Å². The van der Waals surface area contributed by atoms with E-state index in [0.29, 0.717) is 17.0 Å². The van der Waals surface area contributed by atoms with Crippen LogP contribution < -0.4 is 0 Å². The number of rotatable bonds is 3. The van der Waals surface area contributed by atoms with Crippen LogP contribution in [0, 0.1) is 6.07 Å². The van der Waals surface area contributed by atoms with E-state index in [9.17, 15) is 5.11 Å². The van der Waals surface area contributed by atoms with E-state index < -0.39 is 0 Å². The van der Waals surface area contributed by atoms with Crippen molar-refractivity contribution in [1.29, 1.82) is 0 Å². The molecule has 0 radical (unpaired) electrons. The zero-order valence-corrected chi connectivity index (χ0v) is 24.2. The first-order valence-corrected chi connectivity index (χ1v) is 13.1. The predicted octanol–water partition coefficient (Wildman–Crippen LogP) is 8.53. The van der Waals surface area contributed by atoms with Crippen molar-refractivity contribution >= 4 is 43.9 Å². The topological polar surface area (TPSA) is 64.1 Å². The molecule has 0 spiro atoms. The Kier molecular flexibility index (Phi) is 5.99. The van der Waals surface area contributed by atoms with Crippen LogP contribution in [0.25, 0.3) is 77.6 Å². The molecule has 41 heavy (non-hydrogen) atoms. The van der Waals surface area contributed by atoms with E-state index in [1.807, 2.05) is 90.5 Å². The number of hydrogen-bond acceptors (Lipinski definition) is 4. The van der Waals surface area contributed by atoms with Gasteiger partial charge in [-0.3, -0.25) is 4.98 Å². The summed E-state index contributed by atoms with van der Waals surface area (Å²) in [6, 6.07) is 39.6. The molecule has 0 saturated heterocycles. The summed E-state index contributed by atoms with van der Waals surface area (Å²) in [4.78, 5) is 9.94. The molecule has 0 amide bonds. The van der Waals surface area contributed by atoms with Gasteiger partial charge in [-0.25, -0.2) is 4.98 Å². The third-order valence-electron chi connectivity index (χ3n) is 7.61. The van der Waals surface area contributed by atoms with Gasteiger partial charge in [0.25, 0.3) is 0 Å². The molecular weight excluding hydrogens is 689 g/mol. The standard InChI is InChI=1S/C35H22N3O2.Pt/c1-38-30-14-7-12-24(22-9-6-10-23(18-22)29-17-16-21-8-2-4-13-28(21)36-29)34(30)37-35(38)27-19-26-25-11-3-5-15-32(25)40-33(26)20-31(27)39;/h2-17,19-20,39H,1H3;/q-1;. The maximum absolute atomic E-state index is 11.0. The van der Waals surface area contributed by atoms with Crippen LogP contribution in [0.2, 0.25) is 0 Å². The fraction of sp³-hybridized carbons (Fsp3) is 0.0286. The number of nitrogens with zero attached hydrogens (tertiary/aromatic N) is 3. The zero-order valence-electron chi connectivity index (χ0n) is 21.9. The van der Waals surface area contributed by atoms with E-state index in [2.05, 4.69) is 30.3 Å². The molecule has 0 bridgehead atoms. The fourth-order valence-corrected chi connectivity index (χ4v) is 5.60. The predicted molar refractivity (Wildman–Crippen MR) is 160 cm³/mol. The molecule has 0 saturated carbocycles. The average Bonchev–Trinajstić information content (AvgIpc) is 3.53. The van der Waals surface area contributed by atoms with Gasteiger partial charge in [-0.15, -0.1) is 29.8 Å². The minimum absolute atomic E-state index is 0. The number of phenols is 1. The molecule has 3 aromatic heterocycles. The second-order valence-electron chi connectivity index (χ2n) is 10.00. The number of pyridine rings is 1. The van der Waals surface area contributed by atoms with E-state index in [1.54, 1.807) is 6.07 Å². The fourth-order valence-electron chi connectivity index (χ4n) is 5.60. The van der Waals surface area contributed by atoms with Crippen molar-refractivity contribution in [3.63, 3.8) is 0 Å². The number of aryl methyl sites for hydroxylation is 1. The van der Waals surface area contributed by atoms with Crippen molar-refractivity contribution in [2.45, 2.75) is 0 Å². The zero-order chi connectivity index (χ0) is 26.8. The summed E-state index contributed by atoms with van der Waals surface area (Å²) in [6.07, 6.45) is 0. The van der Waals surface area contributed by atoms with Gasteiger partial charge in [0, 0.05) is 50.6 Å². The van der Waals surface area contributed by atoms with Gasteiger partial charge in [-0.2, -0.15) is 0 Å². The summed E-state index contributed by atoms with van der Waals surface area (Å²) in [5.41, 5.74) is 8.56. The number of aromatic hydroxyl groups is 1. The largest absolute Gasteiger partial charge is 0.507 e. The molecule has 5 nitrogen and oxygen atoms in total. The second kappa shape index (κ2) is 9.72. The van der Waals surface area contributed by atoms with Gasteiger partial charge in [-0.05, 0) is 29.7 Å². The second-order valence-corrected chi connectivity index (χ2v) is 10.00. The van der Waals surface area contributed by atoms with Gasteiger partial charge in [0.1, 0.15) is 22.7 Å². The molecule has 6 heteroatoms. The summed E-state index contributed by atoms with van der Waals surface area (Å²) in [6.45, 7) is 0. The Labute approximate surface area is 250 Å². The maximum atomic E-state index is 11.0. The number of benzene rings is 5. The van der Waals surface area contributed by atoms with Crippen LogP contribution in [0.5, 0.6) is 5.75 Å². The van der Waals surface area contributed by atoms with E-state index in [4.69, 9.17) is 14.4 Å². The van der Waals surface area contributed by atoms with Crippen LogP contribution >= 0.6 is 0 Å². The number of furan rings is 1. The van der Waals surface area contributed by atoms with Crippen molar-refractivity contribution in [2.75, 3.05) is 0 Å². The van der Waals surface area contributed by atoms with Gasteiger partial charge < -0.3 is 14.1 Å². The average molecular weight is 712 g/mol. The van der Waals surface area contributed by atoms with Crippen LogP contribution in [-0.4, -0.2) is 19.6 Å². The Morgan fingerprint density at radius 2 is 1.51 bits per heavy atom. The maximum Gasteiger partial charge on any atom is 0.143 e. The first-order valence-electron chi connectivity index (χ1n) is 13.1. The molecule has 0 unspecified atom stereocenters. The Bertz CT molecular complexity index is 2260. The van der Waals surface area contributed by atoms with Crippen LogP contribution in [0.15, 0.2) is 114 Å². The molecule has 0 aliphatic carbocycles. The van der Waals surface area contributed by atoms with Crippen LogP contribution in [0.1, 0.15) is 0 Å². The molecule has 0 fully saturated rings. The van der Waals surface area contributed by atoms with Crippen molar-refractivity contribution in [3.05, 3.63) is 115 Å². The van der Waals surface area contributed by atoms with Crippen molar-refractivity contribution in [2.24, 2.45) is 7.05 Å². The number of aromatic nitrogens is 3. The Morgan fingerprint density at radius 1 is 0.707 bits per heavy atom. The van der Waals surface area contributed by atoms with E-state index in [1.165, 1.54) is 0 Å². The minimum atomic E-state index is 0. The molecule has 8 aromatic rings. The molecule has 200 valence electrons. The van der Waals surface area contributed by atoms with Gasteiger partial charge in [0.15, 0.2) is 0 Å². The minimum Gasteiger partial charge on any atom is -0.507 e. The third kappa shape index (κ3) is 4.04. The van der Waals surface area contributed by atoms with E-state index >= 15 is 0 Å². The SMILES string of the molecule is Cn1c(-c2cc3c(cc2O)oc2ccccc23)nc2c(-c3[c-]c(-c4ccc5ccccc5n4)ccc3)cccc21.[Pt]. The third-order valence-corrected chi connectivity index (χ3v) is 7.61. The molecular formula is C35H22N3O2Pt-. The van der Waals surface area contributed by atoms with Crippen LogP contribution in [0.3, 0.4) is 0 Å². The summed E-state index contributed by atoms with van der Waals surface area (Å²) in [7, 11) is 1.98. The monoisotopic (exact) mass is 711 g/mol. The smallest absolute Gasteiger partial charge is 0.143 e. The van der Waals surface area contributed by atoms with Crippen LogP contribution in [0.4, 0.5) is 0 Å². The summed E-state index contributed by atoms with van der Waals surface area (Å²) >= 11 is 0. The first-order chi connectivity index (χ1) is 19.6. The molecule has 0 atom stereocenters. The number of para-hydroxylation sites is 3. The van der Waals surface area contributed by atoms with E-state index in [0.717, 1.165) is 60.7 Å².